The van der Waals surface area contributed by atoms with E-state index in [4.69, 9.17) is 24.9 Å². The molecular formula is C61H41N5. The summed E-state index contributed by atoms with van der Waals surface area (Å²) in [6.07, 6.45) is 0. The van der Waals surface area contributed by atoms with Gasteiger partial charge in [0.15, 0.2) is 23.3 Å². The maximum Gasteiger partial charge on any atom is 0.164 e. The van der Waals surface area contributed by atoms with E-state index < -0.39 is 0 Å². The van der Waals surface area contributed by atoms with Gasteiger partial charge in [0.25, 0.3) is 0 Å². The zero-order chi connectivity index (χ0) is 44.1. The van der Waals surface area contributed by atoms with Crippen LogP contribution in [0.25, 0.3) is 113 Å². The fourth-order valence-electron chi connectivity index (χ4n) is 8.49. The molecule has 11 rings (SSSR count). The van der Waals surface area contributed by atoms with E-state index in [0.717, 1.165) is 89.3 Å². The monoisotopic (exact) mass is 843 g/mol. The Hall–Kier alpha value is -8.93. The Morgan fingerprint density at radius 2 is 0.500 bits per heavy atom. The van der Waals surface area contributed by atoms with Crippen LogP contribution >= 0.6 is 0 Å². The second-order valence-electron chi connectivity index (χ2n) is 16.1. The molecule has 11 aromatic rings. The van der Waals surface area contributed by atoms with E-state index in [1.165, 1.54) is 0 Å². The third kappa shape index (κ3) is 8.32. The summed E-state index contributed by atoms with van der Waals surface area (Å²) in [5.41, 5.74) is 16.3. The molecule has 0 saturated heterocycles. The standard InChI is InChI=1S/C61H41N5/c1-7-21-42(22-8-1)53-39-52(48-33-19-36-51(37-48)61-65-59(46-29-15-5-16-30-46)64-60(66-61)47-31-17-6-18-32-47)40-54(43-23-9-2-10-24-43)57(53)50-35-20-34-49(38-50)56-41-55(44-25-11-3-12-26-44)62-58(63-56)45-27-13-4-14-28-45/h1-41H. The van der Waals surface area contributed by atoms with Crippen molar-refractivity contribution in [2.45, 2.75) is 0 Å². The van der Waals surface area contributed by atoms with Crippen LogP contribution in [0.3, 0.4) is 0 Å². The smallest absolute Gasteiger partial charge is 0.164 e. The van der Waals surface area contributed by atoms with Crippen LogP contribution in [0.4, 0.5) is 0 Å². The lowest BCUT2D eigenvalue weighted by molar-refractivity contribution is 1.07. The molecule has 9 aromatic carbocycles. The molecule has 0 atom stereocenters. The van der Waals surface area contributed by atoms with E-state index in [1.54, 1.807) is 0 Å². The van der Waals surface area contributed by atoms with Crippen molar-refractivity contribution in [1.29, 1.82) is 0 Å². The Bertz CT molecular complexity index is 3260. The van der Waals surface area contributed by atoms with Gasteiger partial charge >= 0.3 is 0 Å². The van der Waals surface area contributed by atoms with Crippen LogP contribution in [0.15, 0.2) is 249 Å². The normalized spacial score (nSPS) is 11.0. The minimum atomic E-state index is 0.611. The van der Waals surface area contributed by atoms with Gasteiger partial charge in [-0.15, -0.1) is 0 Å². The molecular weight excluding hydrogens is 803 g/mol. The van der Waals surface area contributed by atoms with Crippen LogP contribution in [0.1, 0.15) is 0 Å². The number of benzene rings is 9. The highest BCUT2D eigenvalue weighted by Crippen LogP contribution is 2.45. The maximum absolute atomic E-state index is 5.20. The Kier molecular flexibility index (Phi) is 10.9. The van der Waals surface area contributed by atoms with E-state index in [1.807, 2.05) is 97.1 Å². The minimum Gasteiger partial charge on any atom is -0.228 e. The van der Waals surface area contributed by atoms with Crippen molar-refractivity contribution in [3.63, 3.8) is 0 Å². The summed E-state index contributed by atoms with van der Waals surface area (Å²) in [5.74, 6) is 2.55. The average molecular weight is 844 g/mol. The number of hydrogen-bond donors (Lipinski definition) is 0. The predicted molar refractivity (Wildman–Crippen MR) is 270 cm³/mol. The van der Waals surface area contributed by atoms with Crippen LogP contribution in [0.2, 0.25) is 0 Å². The third-order valence-electron chi connectivity index (χ3n) is 11.7. The van der Waals surface area contributed by atoms with Crippen molar-refractivity contribution in [3.05, 3.63) is 249 Å². The largest absolute Gasteiger partial charge is 0.228 e. The molecule has 0 spiro atoms. The van der Waals surface area contributed by atoms with Crippen LogP contribution < -0.4 is 0 Å². The van der Waals surface area contributed by atoms with Crippen molar-refractivity contribution in [2.24, 2.45) is 0 Å². The predicted octanol–water partition coefficient (Wildman–Crippen LogP) is 15.3. The average Bonchev–Trinajstić information content (AvgIpc) is 3.42. The molecule has 5 nitrogen and oxygen atoms in total. The first-order valence-corrected chi connectivity index (χ1v) is 22.1. The molecule has 0 aliphatic heterocycles. The molecule has 0 aliphatic carbocycles. The summed E-state index contributed by atoms with van der Waals surface area (Å²) in [7, 11) is 0. The summed E-state index contributed by atoms with van der Waals surface area (Å²) in [6, 6.07) is 86.1. The van der Waals surface area contributed by atoms with E-state index in [0.29, 0.717) is 23.3 Å². The SMILES string of the molecule is c1ccc(-c2cc(-c3cccc(-c4c(-c5ccccc5)cc(-c5cccc(-c6nc(-c7ccccc7)nc(-c7ccccc7)n6)c5)cc4-c4ccccc4)c3)nc(-c3ccccc3)n2)cc1. The summed E-state index contributed by atoms with van der Waals surface area (Å²) < 4.78 is 0. The van der Waals surface area contributed by atoms with E-state index in [2.05, 4.69) is 152 Å². The van der Waals surface area contributed by atoms with Crippen LogP contribution in [0.5, 0.6) is 0 Å². The van der Waals surface area contributed by atoms with Crippen molar-refractivity contribution < 1.29 is 0 Å². The van der Waals surface area contributed by atoms with Crippen LogP contribution in [-0.2, 0) is 0 Å². The molecule has 2 heterocycles. The fourth-order valence-corrected chi connectivity index (χ4v) is 8.49. The molecule has 2 aromatic heterocycles. The van der Waals surface area contributed by atoms with Gasteiger partial charge in [0.2, 0.25) is 0 Å². The van der Waals surface area contributed by atoms with Crippen molar-refractivity contribution in [1.82, 2.24) is 24.9 Å². The quantitative estimate of drug-likeness (QED) is 0.137. The molecule has 0 fully saturated rings. The maximum atomic E-state index is 5.20. The van der Waals surface area contributed by atoms with E-state index in [-0.39, 0.29) is 0 Å². The topological polar surface area (TPSA) is 64.5 Å². The van der Waals surface area contributed by atoms with Gasteiger partial charge < -0.3 is 0 Å². The first kappa shape index (κ1) is 39.9. The zero-order valence-corrected chi connectivity index (χ0v) is 35.9. The van der Waals surface area contributed by atoms with Gasteiger partial charge in [-0.1, -0.05) is 218 Å². The van der Waals surface area contributed by atoms with Crippen molar-refractivity contribution >= 4 is 0 Å². The fraction of sp³-hybridized carbons (Fsp3) is 0. The van der Waals surface area contributed by atoms with Gasteiger partial charge in [-0.3, -0.25) is 0 Å². The highest BCUT2D eigenvalue weighted by atomic mass is 15.0. The minimum absolute atomic E-state index is 0.611. The Balaban J connectivity index is 1.09. The first-order valence-electron chi connectivity index (χ1n) is 22.1. The third-order valence-corrected chi connectivity index (χ3v) is 11.7. The van der Waals surface area contributed by atoms with Gasteiger partial charge in [0, 0.05) is 33.4 Å². The lowest BCUT2D eigenvalue weighted by Crippen LogP contribution is -2.00. The summed E-state index contributed by atoms with van der Waals surface area (Å²) in [5, 5.41) is 0. The molecule has 0 aliphatic rings. The molecule has 66 heavy (non-hydrogen) atoms. The first-order chi connectivity index (χ1) is 32.7. The van der Waals surface area contributed by atoms with Gasteiger partial charge in [-0.05, 0) is 74.8 Å². The van der Waals surface area contributed by atoms with Crippen molar-refractivity contribution in [3.8, 4) is 113 Å². The number of aromatic nitrogens is 5. The lowest BCUT2D eigenvalue weighted by Gasteiger charge is -2.20. The number of hydrogen-bond acceptors (Lipinski definition) is 5. The second-order valence-corrected chi connectivity index (χ2v) is 16.1. The molecule has 0 bridgehead atoms. The van der Waals surface area contributed by atoms with E-state index >= 15 is 0 Å². The second kappa shape index (κ2) is 18.0. The number of nitrogens with zero attached hydrogens (tertiary/aromatic N) is 5. The summed E-state index contributed by atoms with van der Waals surface area (Å²) in [4.78, 5) is 25.3. The van der Waals surface area contributed by atoms with E-state index in [9.17, 15) is 0 Å². The molecule has 0 unspecified atom stereocenters. The summed E-state index contributed by atoms with van der Waals surface area (Å²) in [6.45, 7) is 0. The molecule has 0 amide bonds. The highest BCUT2D eigenvalue weighted by Gasteiger charge is 2.20. The summed E-state index contributed by atoms with van der Waals surface area (Å²) >= 11 is 0. The van der Waals surface area contributed by atoms with Gasteiger partial charge in [-0.25, -0.2) is 24.9 Å². The van der Waals surface area contributed by atoms with Crippen LogP contribution in [0, 0.1) is 0 Å². The number of rotatable bonds is 10. The molecule has 5 heteroatoms. The van der Waals surface area contributed by atoms with Gasteiger partial charge in [0.1, 0.15) is 0 Å². The Morgan fingerprint density at radius 3 is 0.970 bits per heavy atom. The molecule has 0 N–H and O–H groups in total. The zero-order valence-electron chi connectivity index (χ0n) is 35.9. The van der Waals surface area contributed by atoms with Crippen molar-refractivity contribution in [2.75, 3.05) is 0 Å². The molecule has 0 saturated carbocycles. The van der Waals surface area contributed by atoms with Crippen LogP contribution in [-0.4, -0.2) is 24.9 Å². The Labute approximate surface area is 384 Å². The molecule has 310 valence electrons. The van der Waals surface area contributed by atoms with Gasteiger partial charge in [-0.2, -0.15) is 0 Å². The molecule has 0 radical (unpaired) electrons. The highest BCUT2D eigenvalue weighted by molar-refractivity contribution is 5.98. The Morgan fingerprint density at radius 1 is 0.182 bits per heavy atom. The van der Waals surface area contributed by atoms with Gasteiger partial charge in [0.05, 0.1) is 11.4 Å². The lowest BCUT2D eigenvalue weighted by atomic mass is 9.84.